The molecule has 0 saturated carbocycles. The van der Waals surface area contributed by atoms with Crippen LogP contribution in [-0.2, 0) is 20.8 Å². The number of benzene rings is 1. The first-order chi connectivity index (χ1) is 12.6. The van der Waals surface area contributed by atoms with E-state index in [2.05, 4.69) is 45.5 Å². The van der Waals surface area contributed by atoms with Crippen LogP contribution in [-0.4, -0.2) is 52.5 Å². The third-order valence-electron chi connectivity index (χ3n) is 4.24. The van der Waals surface area contributed by atoms with Crippen LogP contribution >= 0.6 is 24.0 Å². The molecule has 1 aliphatic rings. The Morgan fingerprint density at radius 3 is 2.85 bits per heavy atom. The molecule has 2 rings (SSSR count). The van der Waals surface area contributed by atoms with Crippen LogP contribution in [0.3, 0.4) is 0 Å². The van der Waals surface area contributed by atoms with Crippen molar-refractivity contribution in [3.63, 3.8) is 0 Å². The maximum atomic E-state index is 11.2. The fraction of sp³-hybridized carbons (Fsp3) is 0.579. The smallest absolute Gasteiger partial charge is 0.307 e. The van der Waals surface area contributed by atoms with E-state index in [0.717, 1.165) is 36.5 Å². The van der Waals surface area contributed by atoms with Crippen LogP contribution in [0, 0.1) is 12.8 Å². The van der Waals surface area contributed by atoms with Crippen LogP contribution in [0.5, 0.6) is 5.75 Å². The molecule has 1 atom stereocenters. The molecule has 1 saturated heterocycles. The maximum absolute atomic E-state index is 11.2. The lowest BCUT2D eigenvalue weighted by molar-refractivity contribution is -0.140. The number of rotatable bonds is 8. The SMILES string of the molecule is CN=C(NCCC(=O)OC)NCc1ccc(C)cc1OCC1CCOC1.I. The molecular weight excluding hydrogens is 461 g/mol. The predicted molar refractivity (Wildman–Crippen MR) is 116 cm³/mol. The van der Waals surface area contributed by atoms with Gasteiger partial charge in [0, 0.05) is 38.2 Å². The highest BCUT2D eigenvalue weighted by atomic mass is 127. The number of methoxy groups -OCH3 is 1. The summed E-state index contributed by atoms with van der Waals surface area (Å²) in [6.07, 6.45) is 1.34. The van der Waals surface area contributed by atoms with E-state index in [1.54, 1.807) is 7.05 Å². The van der Waals surface area contributed by atoms with Crippen molar-refractivity contribution in [2.75, 3.05) is 40.5 Å². The van der Waals surface area contributed by atoms with E-state index >= 15 is 0 Å². The second-order valence-electron chi connectivity index (χ2n) is 6.33. The first-order valence-corrected chi connectivity index (χ1v) is 8.93. The Morgan fingerprint density at radius 2 is 2.19 bits per heavy atom. The molecule has 27 heavy (non-hydrogen) atoms. The maximum Gasteiger partial charge on any atom is 0.307 e. The third-order valence-corrected chi connectivity index (χ3v) is 4.24. The third kappa shape index (κ3) is 8.34. The summed E-state index contributed by atoms with van der Waals surface area (Å²) >= 11 is 0. The number of carbonyl (C=O) groups is 1. The van der Waals surface area contributed by atoms with Crippen LogP contribution in [0.25, 0.3) is 0 Å². The summed E-state index contributed by atoms with van der Waals surface area (Å²) in [5.41, 5.74) is 2.22. The van der Waals surface area contributed by atoms with Crippen LogP contribution in [0.2, 0.25) is 0 Å². The van der Waals surface area contributed by atoms with Gasteiger partial charge in [-0.15, -0.1) is 24.0 Å². The minimum absolute atomic E-state index is 0. The molecule has 0 spiro atoms. The van der Waals surface area contributed by atoms with E-state index in [1.165, 1.54) is 7.11 Å². The summed E-state index contributed by atoms with van der Waals surface area (Å²) in [5, 5.41) is 6.34. The van der Waals surface area contributed by atoms with Gasteiger partial charge in [0.15, 0.2) is 5.96 Å². The van der Waals surface area contributed by atoms with Crippen LogP contribution < -0.4 is 15.4 Å². The Bertz CT molecular complexity index is 619. The summed E-state index contributed by atoms with van der Waals surface area (Å²) in [4.78, 5) is 15.3. The Hall–Kier alpha value is -1.55. The van der Waals surface area contributed by atoms with E-state index in [4.69, 9.17) is 9.47 Å². The highest BCUT2D eigenvalue weighted by molar-refractivity contribution is 14.0. The number of hydrogen-bond acceptors (Lipinski definition) is 5. The Balaban J connectivity index is 0.00000364. The topological polar surface area (TPSA) is 81.2 Å². The van der Waals surface area contributed by atoms with E-state index < -0.39 is 0 Å². The molecule has 1 aromatic carbocycles. The van der Waals surface area contributed by atoms with Crippen LogP contribution in [0.1, 0.15) is 24.0 Å². The molecule has 1 unspecified atom stereocenters. The summed E-state index contributed by atoms with van der Waals surface area (Å²) in [7, 11) is 3.08. The fourth-order valence-corrected chi connectivity index (χ4v) is 2.65. The van der Waals surface area contributed by atoms with Gasteiger partial charge < -0.3 is 24.8 Å². The number of halogens is 1. The molecule has 1 heterocycles. The van der Waals surface area contributed by atoms with E-state index in [-0.39, 0.29) is 29.9 Å². The van der Waals surface area contributed by atoms with Crippen molar-refractivity contribution in [2.24, 2.45) is 10.9 Å². The molecule has 2 N–H and O–H groups in total. The van der Waals surface area contributed by atoms with Gasteiger partial charge in [0.1, 0.15) is 5.75 Å². The number of ether oxygens (including phenoxy) is 3. The lowest BCUT2D eigenvalue weighted by atomic mass is 10.1. The molecule has 1 aromatic rings. The molecule has 8 heteroatoms. The molecule has 0 radical (unpaired) electrons. The van der Waals surface area contributed by atoms with Crippen molar-refractivity contribution in [3.05, 3.63) is 29.3 Å². The van der Waals surface area contributed by atoms with E-state index in [1.807, 2.05) is 0 Å². The number of hydrogen-bond donors (Lipinski definition) is 2. The lowest BCUT2D eigenvalue weighted by Gasteiger charge is -2.16. The first-order valence-electron chi connectivity index (χ1n) is 8.93. The zero-order chi connectivity index (χ0) is 18.8. The standard InChI is InChI=1S/C19H29N3O4.HI/c1-14-4-5-16(17(10-14)26-13-15-7-9-25-12-15)11-22-19(20-2)21-8-6-18(23)24-3;/h4-5,10,15H,6-9,11-13H2,1-3H3,(H2,20,21,22);1H. The normalized spacial score (nSPS) is 16.4. The van der Waals surface area contributed by atoms with Gasteiger partial charge in [-0.2, -0.15) is 0 Å². The van der Waals surface area contributed by atoms with Gasteiger partial charge >= 0.3 is 5.97 Å². The monoisotopic (exact) mass is 491 g/mol. The molecule has 1 fully saturated rings. The molecule has 152 valence electrons. The summed E-state index contributed by atoms with van der Waals surface area (Å²) in [5.74, 6) is 1.72. The van der Waals surface area contributed by atoms with Gasteiger partial charge in [0.2, 0.25) is 0 Å². The Labute approximate surface area is 178 Å². The summed E-state index contributed by atoms with van der Waals surface area (Å²) < 4.78 is 16.1. The molecule has 1 aliphatic heterocycles. The van der Waals surface area contributed by atoms with Crippen molar-refractivity contribution in [2.45, 2.75) is 26.3 Å². The van der Waals surface area contributed by atoms with Crippen molar-refractivity contribution in [3.8, 4) is 5.75 Å². The molecule has 0 amide bonds. The minimum Gasteiger partial charge on any atom is -0.493 e. The fourth-order valence-electron chi connectivity index (χ4n) is 2.65. The van der Waals surface area contributed by atoms with E-state index in [9.17, 15) is 4.79 Å². The molecule has 0 bridgehead atoms. The quantitative estimate of drug-likeness (QED) is 0.251. The molecule has 0 aliphatic carbocycles. The van der Waals surface area contributed by atoms with Crippen molar-refractivity contribution in [1.29, 1.82) is 0 Å². The van der Waals surface area contributed by atoms with E-state index in [0.29, 0.717) is 38.0 Å². The number of guanidine groups is 1. The Kier molecular flexibility index (Phi) is 11.1. The predicted octanol–water partition coefficient (Wildman–Crippen LogP) is 2.26. The minimum atomic E-state index is -0.252. The van der Waals surface area contributed by atoms with Crippen molar-refractivity contribution >= 4 is 35.9 Å². The van der Waals surface area contributed by atoms with Gasteiger partial charge in [0.05, 0.1) is 26.7 Å². The molecule has 7 nitrogen and oxygen atoms in total. The number of nitrogens with one attached hydrogen (secondary N) is 2. The van der Waals surface area contributed by atoms with Gasteiger partial charge in [-0.25, -0.2) is 0 Å². The zero-order valence-corrected chi connectivity index (χ0v) is 18.6. The molecular formula is C19H30IN3O4. The summed E-state index contributed by atoms with van der Waals surface area (Å²) in [6, 6.07) is 6.18. The number of aryl methyl sites for hydroxylation is 1. The van der Waals surface area contributed by atoms with Gasteiger partial charge in [-0.3, -0.25) is 9.79 Å². The van der Waals surface area contributed by atoms with Crippen molar-refractivity contribution in [1.82, 2.24) is 10.6 Å². The van der Waals surface area contributed by atoms with Crippen LogP contribution in [0.4, 0.5) is 0 Å². The van der Waals surface area contributed by atoms with Gasteiger partial charge in [-0.1, -0.05) is 12.1 Å². The number of nitrogens with zero attached hydrogens (tertiary/aromatic N) is 1. The number of esters is 1. The first kappa shape index (κ1) is 23.5. The average Bonchev–Trinajstić information content (AvgIpc) is 3.17. The average molecular weight is 491 g/mol. The summed E-state index contributed by atoms with van der Waals surface area (Å²) in [6.45, 7) is 5.36. The molecule has 0 aromatic heterocycles. The van der Waals surface area contributed by atoms with Gasteiger partial charge in [-0.05, 0) is 25.0 Å². The largest absolute Gasteiger partial charge is 0.493 e. The second kappa shape index (κ2) is 12.8. The highest BCUT2D eigenvalue weighted by Gasteiger charge is 2.17. The second-order valence-corrected chi connectivity index (χ2v) is 6.33. The van der Waals surface area contributed by atoms with Crippen molar-refractivity contribution < 1.29 is 19.0 Å². The number of aliphatic imine (C=N–C) groups is 1. The highest BCUT2D eigenvalue weighted by Crippen LogP contribution is 2.22. The van der Waals surface area contributed by atoms with Crippen LogP contribution in [0.15, 0.2) is 23.2 Å². The Morgan fingerprint density at radius 1 is 1.37 bits per heavy atom. The lowest BCUT2D eigenvalue weighted by Crippen LogP contribution is -2.38. The van der Waals surface area contributed by atoms with Gasteiger partial charge in [0.25, 0.3) is 0 Å². The number of carbonyl (C=O) groups excluding carboxylic acids is 1. The zero-order valence-electron chi connectivity index (χ0n) is 16.2.